The number of anilines is 2. The summed E-state index contributed by atoms with van der Waals surface area (Å²) in [4.78, 5) is 8.73. The highest BCUT2D eigenvalue weighted by Gasteiger charge is 2.10. The molecule has 0 saturated carbocycles. The molecule has 4 heterocycles. The minimum Gasteiger partial charge on any atom is -0.383 e. The van der Waals surface area contributed by atoms with E-state index in [1.54, 1.807) is 6.20 Å². The zero-order chi connectivity index (χ0) is 23.2. The molecule has 168 valence electrons. The highest BCUT2D eigenvalue weighted by molar-refractivity contribution is 5.91. The molecule has 0 fully saturated rings. The summed E-state index contributed by atoms with van der Waals surface area (Å²) in [7, 11) is 2.10. The molecule has 0 saturated heterocycles. The number of aromatic nitrogens is 5. The number of nitrogens with zero attached hydrogens (tertiary/aromatic N) is 5. The SMILES string of the molecule is Cc1cc2cc(Cn3ncc4c(NCc5ccc6c(N)nccc6c5)nccc43)ccc2n1C. The van der Waals surface area contributed by atoms with Crippen molar-refractivity contribution in [3.8, 4) is 0 Å². The van der Waals surface area contributed by atoms with Crippen molar-refractivity contribution in [1.29, 1.82) is 0 Å². The summed E-state index contributed by atoms with van der Waals surface area (Å²) in [5, 5.41) is 12.5. The quantitative estimate of drug-likeness (QED) is 0.387. The number of rotatable bonds is 5. The summed E-state index contributed by atoms with van der Waals surface area (Å²) in [5.41, 5.74) is 11.9. The molecule has 0 aliphatic rings. The van der Waals surface area contributed by atoms with Crippen molar-refractivity contribution in [2.75, 3.05) is 11.1 Å². The van der Waals surface area contributed by atoms with E-state index in [4.69, 9.17) is 5.73 Å². The second-order valence-corrected chi connectivity index (χ2v) is 8.74. The highest BCUT2D eigenvalue weighted by atomic mass is 15.3. The molecule has 34 heavy (non-hydrogen) atoms. The zero-order valence-corrected chi connectivity index (χ0v) is 19.2. The van der Waals surface area contributed by atoms with Gasteiger partial charge in [-0.25, -0.2) is 9.97 Å². The van der Waals surface area contributed by atoms with Gasteiger partial charge in [0.25, 0.3) is 0 Å². The van der Waals surface area contributed by atoms with E-state index in [9.17, 15) is 0 Å². The molecule has 4 aromatic heterocycles. The van der Waals surface area contributed by atoms with E-state index in [1.165, 1.54) is 22.2 Å². The Morgan fingerprint density at radius 1 is 0.853 bits per heavy atom. The number of nitrogen functional groups attached to an aromatic ring is 1. The lowest BCUT2D eigenvalue weighted by molar-refractivity contribution is 0.712. The molecule has 7 heteroatoms. The number of benzene rings is 2. The Hall–Kier alpha value is -4.39. The van der Waals surface area contributed by atoms with Gasteiger partial charge in [0.1, 0.15) is 11.6 Å². The van der Waals surface area contributed by atoms with Gasteiger partial charge >= 0.3 is 0 Å². The van der Waals surface area contributed by atoms with Crippen LogP contribution in [0.15, 0.2) is 73.2 Å². The number of fused-ring (bicyclic) bond motifs is 3. The standard InChI is InChI=1S/C27H25N7/c1-17-11-21-13-19(4-6-24(21)33(17)2)16-34-25-8-10-30-27(23(25)15-32-34)31-14-18-3-5-22-20(12-18)7-9-29-26(22)28/h3-13,15H,14,16H2,1-2H3,(H2,28,29)(H,30,31). The Bertz CT molecular complexity index is 1680. The van der Waals surface area contributed by atoms with Crippen LogP contribution in [0.2, 0.25) is 0 Å². The average molecular weight is 448 g/mol. The van der Waals surface area contributed by atoms with Crippen LogP contribution < -0.4 is 11.1 Å². The first-order valence-electron chi connectivity index (χ1n) is 11.3. The molecule has 6 rings (SSSR count). The van der Waals surface area contributed by atoms with E-state index >= 15 is 0 Å². The predicted molar refractivity (Wildman–Crippen MR) is 138 cm³/mol. The van der Waals surface area contributed by atoms with Crippen LogP contribution in [0.3, 0.4) is 0 Å². The molecule has 2 aromatic carbocycles. The van der Waals surface area contributed by atoms with Gasteiger partial charge in [-0.3, -0.25) is 4.68 Å². The lowest BCUT2D eigenvalue weighted by Crippen LogP contribution is -2.03. The van der Waals surface area contributed by atoms with Crippen LogP contribution >= 0.6 is 0 Å². The van der Waals surface area contributed by atoms with Gasteiger partial charge in [0, 0.05) is 48.0 Å². The van der Waals surface area contributed by atoms with E-state index in [1.807, 2.05) is 35.3 Å². The first-order valence-corrected chi connectivity index (χ1v) is 11.3. The van der Waals surface area contributed by atoms with Gasteiger partial charge in [-0.2, -0.15) is 5.10 Å². The molecule has 0 bridgehead atoms. The minimum absolute atomic E-state index is 0.553. The molecular weight excluding hydrogens is 422 g/mol. The third-order valence-corrected chi connectivity index (χ3v) is 6.57. The molecule has 6 aromatic rings. The lowest BCUT2D eigenvalue weighted by Gasteiger charge is -2.09. The van der Waals surface area contributed by atoms with E-state index < -0.39 is 0 Å². The number of pyridine rings is 2. The molecule has 0 atom stereocenters. The molecule has 0 aliphatic carbocycles. The monoisotopic (exact) mass is 447 g/mol. The number of hydrogen-bond donors (Lipinski definition) is 2. The van der Waals surface area contributed by atoms with Gasteiger partial charge in [-0.1, -0.05) is 18.2 Å². The Morgan fingerprint density at radius 3 is 2.59 bits per heavy atom. The van der Waals surface area contributed by atoms with Crippen molar-refractivity contribution in [2.24, 2.45) is 7.05 Å². The van der Waals surface area contributed by atoms with Crippen LogP contribution in [0, 0.1) is 6.92 Å². The second kappa shape index (κ2) is 7.88. The molecule has 0 amide bonds. The summed E-state index contributed by atoms with van der Waals surface area (Å²) in [6.45, 7) is 3.49. The first-order chi connectivity index (χ1) is 16.6. The van der Waals surface area contributed by atoms with Crippen LogP contribution in [0.4, 0.5) is 11.6 Å². The van der Waals surface area contributed by atoms with E-state index in [0.29, 0.717) is 18.9 Å². The molecule has 0 radical (unpaired) electrons. The molecule has 0 spiro atoms. The van der Waals surface area contributed by atoms with Crippen LogP contribution in [0.5, 0.6) is 0 Å². The molecule has 7 nitrogen and oxygen atoms in total. The Morgan fingerprint density at radius 2 is 1.68 bits per heavy atom. The number of hydrogen-bond acceptors (Lipinski definition) is 5. The molecule has 0 aliphatic heterocycles. The van der Waals surface area contributed by atoms with Crippen molar-refractivity contribution in [3.05, 3.63) is 90.0 Å². The van der Waals surface area contributed by atoms with Crippen molar-refractivity contribution in [2.45, 2.75) is 20.0 Å². The topological polar surface area (TPSA) is 86.6 Å². The largest absolute Gasteiger partial charge is 0.383 e. The lowest BCUT2D eigenvalue weighted by atomic mass is 10.1. The highest BCUT2D eigenvalue weighted by Crippen LogP contribution is 2.25. The predicted octanol–water partition coefficient (Wildman–Crippen LogP) is 5.02. The van der Waals surface area contributed by atoms with Crippen molar-refractivity contribution in [1.82, 2.24) is 24.3 Å². The Kier molecular flexibility index (Phi) is 4.69. The number of nitrogens with one attached hydrogen (secondary N) is 1. The van der Waals surface area contributed by atoms with Gasteiger partial charge in [0.15, 0.2) is 0 Å². The molecular formula is C27H25N7. The van der Waals surface area contributed by atoms with E-state index in [0.717, 1.165) is 33.1 Å². The molecule has 0 unspecified atom stereocenters. The fraction of sp³-hybridized carbons (Fsp3) is 0.148. The third-order valence-electron chi connectivity index (χ3n) is 6.57. The Balaban J connectivity index is 1.26. The van der Waals surface area contributed by atoms with Gasteiger partial charge in [-0.05, 0) is 59.8 Å². The maximum atomic E-state index is 5.98. The van der Waals surface area contributed by atoms with E-state index in [-0.39, 0.29) is 0 Å². The zero-order valence-electron chi connectivity index (χ0n) is 19.2. The Labute approximate surface area is 196 Å². The van der Waals surface area contributed by atoms with Gasteiger partial charge < -0.3 is 15.6 Å². The third kappa shape index (κ3) is 3.42. The number of nitrogens with two attached hydrogens (primary N) is 1. The summed E-state index contributed by atoms with van der Waals surface area (Å²) in [6, 6.07) is 19.1. The smallest absolute Gasteiger partial charge is 0.137 e. The fourth-order valence-electron chi connectivity index (χ4n) is 4.63. The van der Waals surface area contributed by atoms with Crippen molar-refractivity contribution >= 4 is 44.2 Å². The van der Waals surface area contributed by atoms with Crippen LogP contribution in [-0.2, 0) is 20.1 Å². The van der Waals surface area contributed by atoms with Gasteiger partial charge in [0.2, 0.25) is 0 Å². The summed E-state index contributed by atoms with van der Waals surface area (Å²) in [5.74, 6) is 1.38. The fourth-order valence-corrected chi connectivity index (χ4v) is 4.63. The van der Waals surface area contributed by atoms with Crippen LogP contribution in [0.1, 0.15) is 16.8 Å². The van der Waals surface area contributed by atoms with Crippen molar-refractivity contribution in [3.63, 3.8) is 0 Å². The average Bonchev–Trinajstić information content (AvgIpc) is 3.38. The molecule has 3 N–H and O–H groups in total. The van der Waals surface area contributed by atoms with Crippen molar-refractivity contribution < 1.29 is 0 Å². The van der Waals surface area contributed by atoms with Crippen LogP contribution in [-0.4, -0.2) is 24.3 Å². The van der Waals surface area contributed by atoms with Gasteiger partial charge in [-0.15, -0.1) is 0 Å². The maximum Gasteiger partial charge on any atom is 0.137 e. The number of aryl methyl sites for hydroxylation is 2. The van der Waals surface area contributed by atoms with E-state index in [2.05, 4.69) is 75.3 Å². The van der Waals surface area contributed by atoms with Crippen LogP contribution in [0.25, 0.3) is 32.6 Å². The first kappa shape index (κ1) is 20.2. The second-order valence-electron chi connectivity index (χ2n) is 8.74. The summed E-state index contributed by atoms with van der Waals surface area (Å²) >= 11 is 0. The summed E-state index contributed by atoms with van der Waals surface area (Å²) in [6.07, 6.45) is 5.46. The maximum absolute atomic E-state index is 5.98. The normalized spacial score (nSPS) is 11.6. The minimum atomic E-state index is 0.553. The summed E-state index contributed by atoms with van der Waals surface area (Å²) < 4.78 is 4.25. The van der Waals surface area contributed by atoms with Gasteiger partial charge in [0.05, 0.1) is 23.6 Å².